The summed E-state index contributed by atoms with van der Waals surface area (Å²) in [5, 5.41) is 10.4. The summed E-state index contributed by atoms with van der Waals surface area (Å²) in [4.78, 5) is 0. The number of aliphatic hydroxyl groups is 1. The fourth-order valence-electron chi connectivity index (χ4n) is 2.93. The van der Waals surface area contributed by atoms with Crippen molar-refractivity contribution in [3.05, 3.63) is 64.7 Å². The minimum atomic E-state index is -0.537. The standard InChI is InChI=1S/C21H29NO2/c1-5-14(2)20(23)19(22)18-11-15(3)21(16(4)12-18)24-13-17-9-7-6-8-10-17/h6-12,14,19-20,23H,5,13,22H2,1-4H3/t14?,19-,20+/m1/s1. The van der Waals surface area contributed by atoms with E-state index >= 15 is 0 Å². The molecular formula is C21H29NO2. The van der Waals surface area contributed by atoms with Crippen molar-refractivity contribution in [1.82, 2.24) is 0 Å². The summed E-state index contributed by atoms with van der Waals surface area (Å²) in [6.45, 7) is 8.70. The van der Waals surface area contributed by atoms with E-state index in [0.717, 1.165) is 34.4 Å². The third kappa shape index (κ3) is 4.37. The summed E-state index contributed by atoms with van der Waals surface area (Å²) in [5.41, 5.74) is 10.5. The van der Waals surface area contributed by atoms with Crippen LogP contribution in [0.25, 0.3) is 0 Å². The summed E-state index contributed by atoms with van der Waals surface area (Å²) in [7, 11) is 0. The smallest absolute Gasteiger partial charge is 0.125 e. The Morgan fingerprint density at radius 2 is 1.67 bits per heavy atom. The monoisotopic (exact) mass is 327 g/mol. The van der Waals surface area contributed by atoms with Crippen molar-refractivity contribution >= 4 is 0 Å². The van der Waals surface area contributed by atoms with Gasteiger partial charge in [0.2, 0.25) is 0 Å². The predicted octanol–water partition coefficient (Wildman–Crippen LogP) is 4.29. The topological polar surface area (TPSA) is 55.5 Å². The molecule has 2 aromatic rings. The van der Waals surface area contributed by atoms with Crippen LogP contribution < -0.4 is 10.5 Å². The minimum absolute atomic E-state index is 0.176. The summed E-state index contributed by atoms with van der Waals surface area (Å²) in [6.07, 6.45) is 0.371. The van der Waals surface area contributed by atoms with Crippen molar-refractivity contribution in [3.8, 4) is 5.75 Å². The zero-order chi connectivity index (χ0) is 17.7. The zero-order valence-electron chi connectivity index (χ0n) is 15.1. The Kier molecular flexibility index (Phi) is 6.41. The van der Waals surface area contributed by atoms with Gasteiger partial charge in [0.25, 0.3) is 0 Å². The largest absolute Gasteiger partial charge is 0.488 e. The molecule has 0 aromatic heterocycles. The normalized spacial score (nSPS) is 14.9. The molecule has 3 nitrogen and oxygen atoms in total. The SMILES string of the molecule is CCC(C)[C@H](O)[C@H](N)c1cc(C)c(OCc2ccccc2)c(C)c1. The number of hydrogen-bond acceptors (Lipinski definition) is 3. The molecule has 0 aliphatic rings. The molecule has 2 rings (SSSR count). The predicted molar refractivity (Wildman–Crippen MR) is 99.1 cm³/mol. The van der Waals surface area contributed by atoms with E-state index in [1.807, 2.05) is 51.1 Å². The molecule has 0 aliphatic carbocycles. The van der Waals surface area contributed by atoms with E-state index in [0.29, 0.717) is 6.61 Å². The minimum Gasteiger partial charge on any atom is -0.488 e. The first-order chi connectivity index (χ1) is 11.4. The fourth-order valence-corrected chi connectivity index (χ4v) is 2.93. The highest BCUT2D eigenvalue weighted by Crippen LogP contribution is 2.30. The Labute approximate surface area is 145 Å². The van der Waals surface area contributed by atoms with Crippen LogP contribution in [0.1, 0.15) is 48.6 Å². The number of ether oxygens (including phenoxy) is 1. The van der Waals surface area contributed by atoms with E-state index in [1.165, 1.54) is 0 Å². The quantitative estimate of drug-likeness (QED) is 0.797. The molecule has 0 heterocycles. The molecule has 1 unspecified atom stereocenters. The first-order valence-electron chi connectivity index (χ1n) is 8.65. The lowest BCUT2D eigenvalue weighted by molar-refractivity contribution is 0.0879. The van der Waals surface area contributed by atoms with Gasteiger partial charge in [-0.1, -0.05) is 62.7 Å². The van der Waals surface area contributed by atoms with E-state index in [4.69, 9.17) is 10.5 Å². The van der Waals surface area contributed by atoms with Gasteiger partial charge in [-0.2, -0.15) is 0 Å². The Balaban J connectivity index is 2.16. The zero-order valence-corrected chi connectivity index (χ0v) is 15.1. The Morgan fingerprint density at radius 3 is 2.21 bits per heavy atom. The molecule has 0 spiro atoms. The van der Waals surface area contributed by atoms with Gasteiger partial charge in [-0.15, -0.1) is 0 Å². The number of nitrogens with two attached hydrogens (primary N) is 1. The molecule has 24 heavy (non-hydrogen) atoms. The van der Waals surface area contributed by atoms with Crippen LogP contribution in [-0.2, 0) is 6.61 Å². The molecule has 130 valence electrons. The van der Waals surface area contributed by atoms with Gasteiger partial charge in [0.05, 0.1) is 12.1 Å². The van der Waals surface area contributed by atoms with Crippen molar-refractivity contribution in [3.63, 3.8) is 0 Å². The maximum absolute atomic E-state index is 10.4. The number of hydrogen-bond donors (Lipinski definition) is 2. The van der Waals surface area contributed by atoms with Gasteiger partial charge in [-0.05, 0) is 42.0 Å². The highest BCUT2D eigenvalue weighted by molar-refractivity contribution is 5.44. The number of benzene rings is 2. The van der Waals surface area contributed by atoms with E-state index in [1.54, 1.807) is 0 Å². The first kappa shape index (κ1) is 18.5. The molecule has 0 radical (unpaired) electrons. The second-order valence-electron chi connectivity index (χ2n) is 6.66. The Hall–Kier alpha value is -1.84. The van der Waals surface area contributed by atoms with E-state index < -0.39 is 6.10 Å². The molecule has 0 saturated heterocycles. The number of aliphatic hydroxyl groups excluding tert-OH is 1. The molecule has 3 N–H and O–H groups in total. The molecular weight excluding hydrogens is 298 g/mol. The molecule has 0 aliphatic heterocycles. The van der Waals surface area contributed by atoms with Crippen molar-refractivity contribution in [2.45, 2.75) is 52.9 Å². The highest BCUT2D eigenvalue weighted by atomic mass is 16.5. The average molecular weight is 327 g/mol. The van der Waals surface area contributed by atoms with Gasteiger partial charge in [0.15, 0.2) is 0 Å². The maximum atomic E-state index is 10.4. The van der Waals surface area contributed by atoms with Crippen molar-refractivity contribution in [2.75, 3.05) is 0 Å². The number of rotatable bonds is 7. The Morgan fingerprint density at radius 1 is 1.08 bits per heavy atom. The van der Waals surface area contributed by atoms with Crippen molar-refractivity contribution < 1.29 is 9.84 Å². The van der Waals surface area contributed by atoms with Gasteiger partial charge >= 0.3 is 0 Å². The van der Waals surface area contributed by atoms with Gasteiger partial charge in [-0.3, -0.25) is 0 Å². The lowest BCUT2D eigenvalue weighted by atomic mass is 9.90. The van der Waals surface area contributed by atoms with Crippen LogP contribution in [0.3, 0.4) is 0 Å². The van der Waals surface area contributed by atoms with Crippen LogP contribution in [0.2, 0.25) is 0 Å². The molecule has 2 aromatic carbocycles. The van der Waals surface area contributed by atoms with Gasteiger partial charge in [0.1, 0.15) is 12.4 Å². The molecule has 0 saturated carbocycles. The summed E-state index contributed by atoms with van der Waals surface area (Å²) in [6, 6.07) is 13.8. The van der Waals surface area contributed by atoms with E-state index in [2.05, 4.69) is 19.1 Å². The number of aryl methyl sites for hydroxylation is 2. The third-order valence-corrected chi connectivity index (χ3v) is 4.69. The molecule has 0 fully saturated rings. The van der Waals surface area contributed by atoms with Crippen LogP contribution in [-0.4, -0.2) is 11.2 Å². The molecule has 3 heteroatoms. The second kappa shape index (κ2) is 8.32. The van der Waals surface area contributed by atoms with Crippen LogP contribution in [0.5, 0.6) is 5.75 Å². The second-order valence-corrected chi connectivity index (χ2v) is 6.66. The van der Waals surface area contributed by atoms with Gasteiger partial charge in [0, 0.05) is 0 Å². The fraction of sp³-hybridized carbons (Fsp3) is 0.429. The summed E-state index contributed by atoms with van der Waals surface area (Å²) >= 11 is 0. The summed E-state index contributed by atoms with van der Waals surface area (Å²) < 4.78 is 6.01. The van der Waals surface area contributed by atoms with E-state index in [9.17, 15) is 5.11 Å². The van der Waals surface area contributed by atoms with Crippen LogP contribution in [0.15, 0.2) is 42.5 Å². The summed E-state index contributed by atoms with van der Waals surface area (Å²) in [5.74, 6) is 1.07. The molecule has 0 amide bonds. The molecule has 0 bridgehead atoms. The van der Waals surface area contributed by atoms with Crippen LogP contribution in [0.4, 0.5) is 0 Å². The van der Waals surface area contributed by atoms with Gasteiger partial charge in [-0.25, -0.2) is 0 Å². The first-order valence-corrected chi connectivity index (χ1v) is 8.65. The van der Waals surface area contributed by atoms with Crippen LogP contribution >= 0.6 is 0 Å². The lowest BCUT2D eigenvalue weighted by Crippen LogP contribution is -2.31. The highest BCUT2D eigenvalue weighted by Gasteiger charge is 2.23. The lowest BCUT2D eigenvalue weighted by Gasteiger charge is -2.25. The van der Waals surface area contributed by atoms with Crippen molar-refractivity contribution in [2.24, 2.45) is 11.7 Å². The van der Waals surface area contributed by atoms with Crippen LogP contribution in [0, 0.1) is 19.8 Å². The Bertz CT molecular complexity index is 631. The van der Waals surface area contributed by atoms with Gasteiger partial charge < -0.3 is 15.6 Å². The average Bonchev–Trinajstić information content (AvgIpc) is 2.59. The van der Waals surface area contributed by atoms with Crippen molar-refractivity contribution in [1.29, 1.82) is 0 Å². The maximum Gasteiger partial charge on any atom is 0.125 e. The third-order valence-electron chi connectivity index (χ3n) is 4.69. The van der Waals surface area contributed by atoms with E-state index in [-0.39, 0.29) is 12.0 Å². The molecule has 3 atom stereocenters.